The van der Waals surface area contributed by atoms with Crippen molar-refractivity contribution in [3.63, 3.8) is 0 Å². The molecule has 12 heteroatoms. The van der Waals surface area contributed by atoms with Gasteiger partial charge in [0, 0.05) is 19.4 Å². The summed E-state index contributed by atoms with van der Waals surface area (Å²) in [5, 5.41) is 2.53. The number of nitrogens with one attached hydrogen (secondary N) is 1. The van der Waals surface area contributed by atoms with Crippen molar-refractivity contribution in [3.05, 3.63) is 40.4 Å². The molecule has 146 valence electrons. The van der Waals surface area contributed by atoms with E-state index in [2.05, 4.69) is 25.0 Å². The van der Waals surface area contributed by atoms with E-state index in [1.54, 1.807) is 0 Å². The first kappa shape index (κ1) is 18.9. The number of fused-ring (bicyclic) bond motifs is 1. The Morgan fingerprint density at radius 3 is 2.57 bits per heavy atom. The van der Waals surface area contributed by atoms with Gasteiger partial charge in [0.1, 0.15) is 5.52 Å². The van der Waals surface area contributed by atoms with Gasteiger partial charge in [0.25, 0.3) is 11.5 Å². The van der Waals surface area contributed by atoms with Crippen LogP contribution in [0.2, 0.25) is 0 Å². The number of carbonyl (C=O) groups is 1. The van der Waals surface area contributed by atoms with Gasteiger partial charge in [-0.25, -0.2) is 15.0 Å². The van der Waals surface area contributed by atoms with Crippen molar-refractivity contribution in [2.24, 2.45) is 7.05 Å². The number of benzene rings is 1. The highest BCUT2D eigenvalue weighted by atomic mass is 19.3. The molecule has 3 rings (SSSR count). The van der Waals surface area contributed by atoms with Crippen LogP contribution in [0.15, 0.2) is 29.3 Å². The maximum absolute atomic E-state index is 12.6. The van der Waals surface area contributed by atoms with Crippen LogP contribution in [0.5, 0.6) is 11.5 Å². The summed E-state index contributed by atoms with van der Waals surface area (Å²) in [6, 6.07) is 2.46. The Morgan fingerprint density at radius 2 is 1.96 bits per heavy atom. The van der Waals surface area contributed by atoms with E-state index in [4.69, 9.17) is 10.5 Å². The molecule has 2 heterocycles. The molecule has 3 aromatic rings. The molecule has 0 spiro atoms. The van der Waals surface area contributed by atoms with Crippen LogP contribution >= 0.6 is 0 Å². The van der Waals surface area contributed by atoms with Crippen molar-refractivity contribution in [1.82, 2.24) is 19.5 Å². The number of hydrogen-bond acceptors (Lipinski definition) is 8. The lowest BCUT2D eigenvalue weighted by atomic mass is 10.2. The number of carbonyl (C=O) groups excluding carboxylic acids is 1. The summed E-state index contributed by atoms with van der Waals surface area (Å²) in [5.41, 5.74) is 4.87. The number of alkyl halides is 2. The Bertz CT molecular complexity index is 1100. The lowest BCUT2D eigenvalue weighted by molar-refractivity contribution is -0.0510. The van der Waals surface area contributed by atoms with Gasteiger partial charge < -0.3 is 15.2 Å². The van der Waals surface area contributed by atoms with E-state index in [1.807, 2.05) is 0 Å². The molecule has 0 fully saturated rings. The zero-order valence-corrected chi connectivity index (χ0v) is 14.6. The minimum absolute atomic E-state index is 0.0101. The third kappa shape index (κ3) is 3.51. The van der Waals surface area contributed by atoms with Crippen LogP contribution in [0.25, 0.3) is 10.9 Å². The number of halogens is 2. The number of rotatable bonds is 5. The molecule has 1 amide bonds. The number of methoxy groups -OCH3 is 1. The second-order valence-electron chi connectivity index (χ2n) is 5.46. The van der Waals surface area contributed by atoms with E-state index >= 15 is 0 Å². The van der Waals surface area contributed by atoms with Crippen LogP contribution < -0.4 is 26.1 Å². The molecule has 0 radical (unpaired) electrons. The Morgan fingerprint density at radius 1 is 1.29 bits per heavy atom. The fraction of sp³-hybridized carbons (Fsp3) is 0.188. The number of nitrogen functional groups attached to an aromatic ring is 1. The zero-order chi connectivity index (χ0) is 20.4. The predicted octanol–water partition coefficient (Wildman–Crippen LogP) is 1.17. The molecule has 0 aliphatic heterocycles. The second-order valence-corrected chi connectivity index (χ2v) is 5.46. The maximum atomic E-state index is 12.6. The molecule has 28 heavy (non-hydrogen) atoms. The average Bonchev–Trinajstić information content (AvgIpc) is 2.65. The van der Waals surface area contributed by atoms with Crippen LogP contribution in [-0.2, 0) is 7.05 Å². The number of aromatic nitrogens is 4. The van der Waals surface area contributed by atoms with Crippen LogP contribution in [0.4, 0.5) is 20.7 Å². The fourth-order valence-corrected chi connectivity index (χ4v) is 2.42. The van der Waals surface area contributed by atoms with Crippen LogP contribution in [0.1, 0.15) is 10.4 Å². The quantitative estimate of drug-likeness (QED) is 0.661. The molecular weight excluding hydrogens is 378 g/mol. The number of anilines is 2. The first-order chi connectivity index (χ1) is 13.3. The Balaban J connectivity index is 2.09. The third-order valence-electron chi connectivity index (χ3n) is 3.75. The van der Waals surface area contributed by atoms with Gasteiger partial charge in [-0.3, -0.25) is 19.5 Å². The summed E-state index contributed by atoms with van der Waals surface area (Å²) in [5.74, 6) is -1.27. The van der Waals surface area contributed by atoms with E-state index < -0.39 is 18.1 Å². The lowest BCUT2D eigenvalue weighted by Gasteiger charge is -2.14. The normalized spacial score (nSPS) is 10.9. The van der Waals surface area contributed by atoms with E-state index in [1.165, 1.54) is 38.7 Å². The van der Waals surface area contributed by atoms with Crippen molar-refractivity contribution in [2.45, 2.75) is 6.61 Å². The van der Waals surface area contributed by atoms with Crippen molar-refractivity contribution in [2.75, 3.05) is 18.2 Å². The number of amides is 1. The highest BCUT2D eigenvalue weighted by Crippen LogP contribution is 2.34. The van der Waals surface area contributed by atoms with Crippen molar-refractivity contribution in [3.8, 4) is 11.5 Å². The smallest absolute Gasteiger partial charge is 0.387 e. The Labute approximate surface area is 155 Å². The van der Waals surface area contributed by atoms with Crippen molar-refractivity contribution in [1.29, 1.82) is 0 Å². The molecular formula is C16H14F2N6O4. The Hall–Kier alpha value is -3.83. The topological polar surface area (TPSA) is 134 Å². The van der Waals surface area contributed by atoms with E-state index in [-0.39, 0.29) is 39.9 Å². The van der Waals surface area contributed by atoms with Gasteiger partial charge in [-0.15, -0.1) is 0 Å². The van der Waals surface area contributed by atoms with E-state index in [0.717, 1.165) is 4.57 Å². The molecule has 1 aromatic carbocycles. The molecule has 0 bridgehead atoms. The van der Waals surface area contributed by atoms with Crippen LogP contribution in [0.3, 0.4) is 0 Å². The Kier molecular flexibility index (Phi) is 5.02. The zero-order valence-electron chi connectivity index (χ0n) is 14.6. The lowest BCUT2D eigenvalue weighted by Crippen LogP contribution is -2.25. The minimum atomic E-state index is -3.09. The molecule has 0 aliphatic rings. The molecule has 0 aliphatic carbocycles. The summed E-state index contributed by atoms with van der Waals surface area (Å²) in [6.45, 7) is -3.09. The number of ether oxygens (including phenoxy) is 2. The molecule has 0 unspecified atom stereocenters. The molecule has 2 aromatic heterocycles. The molecule has 0 atom stereocenters. The monoisotopic (exact) mass is 392 g/mol. The molecule has 0 saturated heterocycles. The van der Waals surface area contributed by atoms with Gasteiger partial charge in [0.05, 0.1) is 18.1 Å². The highest BCUT2D eigenvalue weighted by Gasteiger charge is 2.20. The number of hydrogen-bond donors (Lipinski definition) is 2. The number of nitrogens with two attached hydrogens (primary N) is 1. The highest BCUT2D eigenvalue weighted by molar-refractivity contribution is 6.03. The van der Waals surface area contributed by atoms with Crippen LogP contribution in [0, 0.1) is 0 Å². The summed E-state index contributed by atoms with van der Waals surface area (Å²) in [6.07, 6.45) is 2.40. The summed E-state index contributed by atoms with van der Waals surface area (Å²) in [7, 11) is 2.61. The molecule has 3 N–H and O–H groups in total. The first-order valence-electron chi connectivity index (χ1n) is 7.73. The van der Waals surface area contributed by atoms with Crippen molar-refractivity contribution >= 4 is 28.7 Å². The largest absolute Gasteiger partial charge is 0.491 e. The summed E-state index contributed by atoms with van der Waals surface area (Å²) < 4.78 is 35.8. The van der Waals surface area contributed by atoms with Gasteiger partial charge in [0.15, 0.2) is 11.5 Å². The van der Waals surface area contributed by atoms with Gasteiger partial charge in [-0.2, -0.15) is 8.78 Å². The van der Waals surface area contributed by atoms with E-state index in [9.17, 15) is 18.4 Å². The molecule has 10 nitrogen and oxygen atoms in total. The van der Waals surface area contributed by atoms with Gasteiger partial charge >= 0.3 is 6.61 Å². The van der Waals surface area contributed by atoms with Gasteiger partial charge in [-0.1, -0.05) is 0 Å². The SMILES string of the molecule is COc1c(OC(F)F)ccc2c(=O)n(C)c(NC(=O)c3cnc(N)nc3)nc12. The van der Waals surface area contributed by atoms with Gasteiger partial charge in [0.2, 0.25) is 11.9 Å². The second kappa shape index (κ2) is 7.42. The molecule has 0 saturated carbocycles. The summed E-state index contributed by atoms with van der Waals surface area (Å²) in [4.78, 5) is 36.5. The third-order valence-corrected chi connectivity index (χ3v) is 3.75. The average molecular weight is 392 g/mol. The first-order valence-corrected chi connectivity index (χ1v) is 7.73. The maximum Gasteiger partial charge on any atom is 0.387 e. The van der Waals surface area contributed by atoms with Gasteiger partial charge in [-0.05, 0) is 12.1 Å². The van der Waals surface area contributed by atoms with E-state index in [0.29, 0.717) is 0 Å². The minimum Gasteiger partial charge on any atom is -0.491 e. The summed E-state index contributed by atoms with van der Waals surface area (Å²) >= 11 is 0. The number of nitrogens with zero attached hydrogens (tertiary/aromatic N) is 4. The fourth-order valence-electron chi connectivity index (χ4n) is 2.42. The predicted molar refractivity (Wildman–Crippen MR) is 94.6 cm³/mol. The van der Waals surface area contributed by atoms with Crippen molar-refractivity contribution < 1.29 is 23.0 Å². The van der Waals surface area contributed by atoms with Crippen LogP contribution in [-0.4, -0.2) is 39.1 Å². The standard InChI is InChI=1S/C16H14F2N6O4/c1-24-13(26)8-3-4-9(28-14(17)18)11(27-2)10(8)22-16(24)23-12(25)7-5-20-15(19)21-6-7/h3-6,14H,1-2H3,(H2,19,20,21)(H,22,23,25).